The Bertz CT molecular complexity index is 701. The van der Waals surface area contributed by atoms with Crippen LogP contribution < -0.4 is 5.73 Å². The fourth-order valence-electron chi connectivity index (χ4n) is 2.57. The third-order valence-electron chi connectivity index (χ3n) is 3.75. The number of rotatable bonds is 3. The Kier molecular flexibility index (Phi) is 3.91. The number of hydrogen-bond donors (Lipinski definition) is 2. The number of amides is 1. The topological polar surface area (TPSA) is 92.6 Å². The van der Waals surface area contributed by atoms with E-state index >= 15 is 0 Å². The van der Waals surface area contributed by atoms with Crippen molar-refractivity contribution in [3.05, 3.63) is 41.4 Å². The molecule has 116 valence electrons. The summed E-state index contributed by atoms with van der Waals surface area (Å²) in [6.07, 6.45) is 0.515. The lowest BCUT2D eigenvalue weighted by molar-refractivity contribution is -0.134. The van der Waals surface area contributed by atoms with Gasteiger partial charge in [-0.2, -0.15) is 0 Å². The molecular weight excluding hydrogens is 289 g/mol. The molecule has 0 unspecified atom stereocenters. The highest BCUT2D eigenvalue weighted by atomic mass is 19.1. The van der Waals surface area contributed by atoms with Crippen molar-refractivity contribution in [2.75, 3.05) is 13.2 Å². The van der Waals surface area contributed by atoms with E-state index in [2.05, 4.69) is 5.16 Å². The van der Waals surface area contributed by atoms with Gasteiger partial charge in [0.05, 0.1) is 13.2 Å². The molecule has 0 saturated carbocycles. The van der Waals surface area contributed by atoms with Gasteiger partial charge in [-0.15, -0.1) is 0 Å². The zero-order valence-electron chi connectivity index (χ0n) is 11.8. The highest BCUT2D eigenvalue weighted by Crippen LogP contribution is 2.30. The lowest BCUT2D eigenvalue weighted by Crippen LogP contribution is -2.47. The molecule has 2 heterocycles. The van der Waals surface area contributed by atoms with Crippen molar-refractivity contribution in [3.8, 4) is 11.3 Å². The Morgan fingerprint density at radius 3 is 3.09 bits per heavy atom. The summed E-state index contributed by atoms with van der Waals surface area (Å²) in [7, 11) is 0. The van der Waals surface area contributed by atoms with Gasteiger partial charge in [0, 0.05) is 24.1 Å². The molecule has 1 aliphatic heterocycles. The van der Waals surface area contributed by atoms with Crippen LogP contribution in [0.4, 0.5) is 4.39 Å². The number of nitrogens with two attached hydrogens (primary N) is 1. The van der Waals surface area contributed by atoms with E-state index in [0.29, 0.717) is 30.0 Å². The van der Waals surface area contributed by atoms with E-state index in [4.69, 9.17) is 15.4 Å². The van der Waals surface area contributed by atoms with E-state index in [1.54, 1.807) is 17.0 Å². The van der Waals surface area contributed by atoms with Crippen molar-refractivity contribution in [3.63, 3.8) is 0 Å². The summed E-state index contributed by atoms with van der Waals surface area (Å²) >= 11 is 0. The molecule has 0 radical (unpaired) electrons. The maximum atomic E-state index is 13.4. The first-order chi connectivity index (χ1) is 10.6. The van der Waals surface area contributed by atoms with Crippen LogP contribution in [-0.4, -0.2) is 40.3 Å². The second-order valence-corrected chi connectivity index (χ2v) is 5.24. The third kappa shape index (κ3) is 2.60. The quantitative estimate of drug-likeness (QED) is 0.870. The van der Waals surface area contributed by atoms with Crippen molar-refractivity contribution < 1.29 is 18.8 Å². The first kappa shape index (κ1) is 14.7. The molecule has 7 heteroatoms. The van der Waals surface area contributed by atoms with Crippen molar-refractivity contribution >= 4 is 5.91 Å². The number of nitrogens with zero attached hydrogens (tertiary/aromatic N) is 2. The van der Waals surface area contributed by atoms with Crippen LogP contribution in [0.1, 0.15) is 11.3 Å². The average Bonchev–Trinajstić information content (AvgIpc) is 2.96. The fraction of sp³-hybridized carbons (Fsp3) is 0.333. The Balaban J connectivity index is 1.90. The molecule has 0 spiro atoms. The van der Waals surface area contributed by atoms with Crippen LogP contribution in [0.15, 0.2) is 28.8 Å². The lowest BCUT2D eigenvalue weighted by atomic mass is 10.0. The number of aliphatic hydroxyl groups is 1. The first-order valence-corrected chi connectivity index (χ1v) is 6.98. The van der Waals surface area contributed by atoms with Gasteiger partial charge in [0.2, 0.25) is 5.91 Å². The summed E-state index contributed by atoms with van der Waals surface area (Å²) in [5.41, 5.74) is 7.48. The standard InChI is InChI=1S/C15H16FN3O3/c16-10-3-1-2-9(6-10)14-11-7-19(15(21)12(17)8-20)5-4-13(11)22-18-14/h1-3,6,12,20H,4-5,7-8,17H2/t12-/m1/s1. The minimum atomic E-state index is -0.931. The monoisotopic (exact) mass is 305 g/mol. The summed E-state index contributed by atoms with van der Waals surface area (Å²) in [5, 5.41) is 13.0. The van der Waals surface area contributed by atoms with Crippen molar-refractivity contribution in [1.82, 2.24) is 10.1 Å². The molecule has 0 aliphatic carbocycles. The van der Waals surface area contributed by atoms with Gasteiger partial charge in [-0.05, 0) is 12.1 Å². The van der Waals surface area contributed by atoms with Gasteiger partial charge in [0.15, 0.2) is 0 Å². The Hall–Kier alpha value is -2.25. The second-order valence-electron chi connectivity index (χ2n) is 5.24. The largest absolute Gasteiger partial charge is 0.394 e. The summed E-state index contributed by atoms with van der Waals surface area (Å²) in [6.45, 7) is 0.344. The molecule has 22 heavy (non-hydrogen) atoms. The van der Waals surface area contributed by atoms with Crippen LogP contribution in [0.2, 0.25) is 0 Å². The summed E-state index contributed by atoms with van der Waals surface area (Å²) in [5.74, 6) is 0.0146. The smallest absolute Gasteiger partial charge is 0.242 e. The number of aliphatic hydroxyl groups excluding tert-OH is 1. The van der Waals surface area contributed by atoms with Gasteiger partial charge in [0.1, 0.15) is 23.3 Å². The SMILES string of the molecule is N[C@H](CO)C(=O)N1CCc2onc(-c3cccc(F)c3)c2C1. The summed E-state index contributed by atoms with van der Waals surface area (Å²) in [6, 6.07) is 5.13. The van der Waals surface area contributed by atoms with Crippen LogP contribution in [-0.2, 0) is 17.8 Å². The van der Waals surface area contributed by atoms with Crippen molar-refractivity contribution in [2.24, 2.45) is 5.73 Å². The van der Waals surface area contributed by atoms with Crippen LogP contribution in [0, 0.1) is 5.82 Å². The van der Waals surface area contributed by atoms with Crippen LogP contribution in [0.5, 0.6) is 0 Å². The Morgan fingerprint density at radius 2 is 2.36 bits per heavy atom. The second kappa shape index (κ2) is 5.86. The van der Waals surface area contributed by atoms with Gasteiger partial charge < -0.3 is 20.3 Å². The van der Waals surface area contributed by atoms with E-state index < -0.39 is 12.6 Å². The number of benzene rings is 1. The van der Waals surface area contributed by atoms with E-state index in [1.165, 1.54) is 12.1 Å². The van der Waals surface area contributed by atoms with Gasteiger partial charge in [-0.3, -0.25) is 4.79 Å². The molecule has 2 aromatic rings. The number of halogens is 1. The van der Waals surface area contributed by atoms with E-state index in [-0.39, 0.29) is 18.3 Å². The van der Waals surface area contributed by atoms with Crippen LogP contribution in [0.25, 0.3) is 11.3 Å². The highest BCUT2D eigenvalue weighted by Gasteiger charge is 2.29. The minimum Gasteiger partial charge on any atom is -0.394 e. The van der Waals surface area contributed by atoms with Crippen molar-refractivity contribution in [2.45, 2.75) is 19.0 Å². The molecule has 1 aromatic heterocycles. The molecule has 0 fully saturated rings. The number of carbonyl (C=O) groups is 1. The van der Waals surface area contributed by atoms with Crippen LogP contribution >= 0.6 is 0 Å². The normalized spacial score (nSPS) is 15.5. The molecular formula is C15H16FN3O3. The molecule has 0 saturated heterocycles. The lowest BCUT2D eigenvalue weighted by Gasteiger charge is -2.28. The van der Waals surface area contributed by atoms with Crippen molar-refractivity contribution in [1.29, 1.82) is 0 Å². The zero-order valence-corrected chi connectivity index (χ0v) is 11.8. The Morgan fingerprint density at radius 1 is 1.55 bits per heavy atom. The van der Waals surface area contributed by atoms with Gasteiger partial charge >= 0.3 is 0 Å². The van der Waals surface area contributed by atoms with E-state index in [1.807, 2.05) is 0 Å². The highest BCUT2D eigenvalue weighted by molar-refractivity contribution is 5.82. The predicted octanol–water partition coefficient (Wildman–Crippen LogP) is 0.685. The summed E-state index contributed by atoms with van der Waals surface area (Å²) in [4.78, 5) is 13.7. The van der Waals surface area contributed by atoms with Gasteiger partial charge in [0.25, 0.3) is 0 Å². The number of carbonyl (C=O) groups excluding carboxylic acids is 1. The zero-order chi connectivity index (χ0) is 15.7. The molecule has 1 amide bonds. The maximum absolute atomic E-state index is 13.4. The average molecular weight is 305 g/mol. The Labute approximate surface area is 126 Å². The molecule has 0 bridgehead atoms. The molecule has 3 rings (SSSR count). The molecule has 1 aromatic carbocycles. The number of aromatic nitrogens is 1. The molecule has 3 N–H and O–H groups in total. The summed E-state index contributed by atoms with van der Waals surface area (Å²) < 4.78 is 18.7. The maximum Gasteiger partial charge on any atom is 0.242 e. The van der Waals surface area contributed by atoms with E-state index in [9.17, 15) is 9.18 Å². The van der Waals surface area contributed by atoms with Gasteiger partial charge in [-0.1, -0.05) is 17.3 Å². The first-order valence-electron chi connectivity index (χ1n) is 6.98. The molecule has 1 atom stereocenters. The predicted molar refractivity (Wildman–Crippen MR) is 76.1 cm³/mol. The van der Waals surface area contributed by atoms with Crippen LogP contribution in [0.3, 0.4) is 0 Å². The van der Waals surface area contributed by atoms with Gasteiger partial charge in [-0.25, -0.2) is 4.39 Å². The fourth-order valence-corrected chi connectivity index (χ4v) is 2.57. The minimum absolute atomic E-state index is 0.289. The molecule has 1 aliphatic rings. The third-order valence-corrected chi connectivity index (χ3v) is 3.75. The number of fused-ring (bicyclic) bond motifs is 1. The molecule has 6 nitrogen and oxygen atoms in total. The van der Waals surface area contributed by atoms with E-state index in [0.717, 1.165) is 5.56 Å². The number of hydrogen-bond acceptors (Lipinski definition) is 5.